The van der Waals surface area contributed by atoms with Crippen LogP contribution in [0.2, 0.25) is 0 Å². The first-order valence-electron chi connectivity index (χ1n) is 3.64. The first kappa shape index (κ1) is 14.6. The third kappa shape index (κ3) is 4.91. The predicted octanol–water partition coefficient (Wildman–Crippen LogP) is -1.05. The van der Waals surface area contributed by atoms with Crippen LogP contribution in [-0.2, 0) is 16.5 Å². The fourth-order valence-corrected chi connectivity index (χ4v) is 1.68. The molecule has 1 aromatic carbocycles. The minimum absolute atomic E-state index is 0. The molecule has 0 aliphatic heterocycles. The van der Waals surface area contributed by atoms with E-state index in [2.05, 4.69) is 15.9 Å². The Bertz CT molecular complexity index is 371. The van der Waals surface area contributed by atoms with Gasteiger partial charge >= 0.3 is 29.6 Å². The summed E-state index contributed by atoms with van der Waals surface area (Å²) in [5, 5.41) is 0. The topological polar surface area (TPSA) is 54.4 Å². The van der Waals surface area contributed by atoms with Gasteiger partial charge in [-0.15, -0.1) is 0 Å². The van der Waals surface area contributed by atoms with Crippen LogP contribution in [-0.4, -0.2) is 17.1 Å². The maximum atomic E-state index is 10.6. The van der Waals surface area contributed by atoms with Crippen LogP contribution in [0.1, 0.15) is 6.99 Å². The smallest absolute Gasteiger partial charge is 1.00 e. The van der Waals surface area contributed by atoms with Crippen molar-refractivity contribution >= 4 is 26.0 Å². The number of hydrogen-bond acceptors (Lipinski definition) is 2. The minimum atomic E-state index is -3.98. The van der Waals surface area contributed by atoms with E-state index < -0.39 is 14.3 Å². The van der Waals surface area contributed by atoms with Gasteiger partial charge in [0.25, 0.3) is 10.1 Å². The molecule has 14 heavy (non-hydrogen) atoms. The summed E-state index contributed by atoms with van der Waals surface area (Å²) in [5.41, 5.74) is 0.863. The normalized spacial score (nSPS) is 13.0. The summed E-state index contributed by atoms with van der Waals surface area (Å²) >= 11 is 2.90. The standard InChI is InChI=1S/C8H9BrO3S.Na.H/c9-8(13(10,11)12)6-7-4-2-1-3-5-7;;/h1-5,8H,6H2,(H,10,11,12);;/q;+1;-1. The largest absolute Gasteiger partial charge is 1.00 e. The molecule has 0 saturated carbocycles. The SMILES string of the molecule is O=S(=O)(O)C(Br)Cc1ccccc1.[H-].[Na+]. The molecule has 1 unspecified atom stereocenters. The molecule has 1 aromatic rings. The monoisotopic (exact) mass is 288 g/mol. The number of rotatable bonds is 3. The Labute approximate surface area is 116 Å². The van der Waals surface area contributed by atoms with Crippen LogP contribution in [0, 0.1) is 0 Å². The maximum absolute atomic E-state index is 10.6. The first-order valence-corrected chi connectivity index (χ1v) is 6.06. The van der Waals surface area contributed by atoms with E-state index in [0.717, 1.165) is 5.56 Å². The van der Waals surface area contributed by atoms with Gasteiger partial charge in [-0.05, 0) is 5.56 Å². The quantitative estimate of drug-likeness (QED) is 0.439. The average Bonchev–Trinajstić information content (AvgIpc) is 2.04. The van der Waals surface area contributed by atoms with E-state index >= 15 is 0 Å². The van der Waals surface area contributed by atoms with Crippen LogP contribution in [0.3, 0.4) is 0 Å². The molecule has 3 nitrogen and oxygen atoms in total. The van der Waals surface area contributed by atoms with Crippen LogP contribution in [0.15, 0.2) is 30.3 Å². The van der Waals surface area contributed by atoms with Gasteiger partial charge in [0.05, 0.1) is 0 Å². The third-order valence-electron chi connectivity index (χ3n) is 1.56. The minimum Gasteiger partial charge on any atom is -1.00 e. The van der Waals surface area contributed by atoms with Crippen molar-refractivity contribution in [2.45, 2.75) is 10.6 Å². The van der Waals surface area contributed by atoms with Crippen molar-refractivity contribution in [3.63, 3.8) is 0 Å². The summed E-state index contributed by atoms with van der Waals surface area (Å²) in [4.78, 5) is 0. The van der Waals surface area contributed by atoms with Crippen molar-refractivity contribution in [2.24, 2.45) is 0 Å². The zero-order valence-electron chi connectivity index (χ0n) is 8.72. The second-order valence-corrected chi connectivity index (χ2v) is 5.93. The molecule has 74 valence electrons. The van der Waals surface area contributed by atoms with Crippen molar-refractivity contribution in [1.82, 2.24) is 0 Å². The molecule has 0 radical (unpaired) electrons. The van der Waals surface area contributed by atoms with Gasteiger partial charge < -0.3 is 1.43 Å². The Kier molecular flexibility index (Phi) is 6.52. The van der Waals surface area contributed by atoms with Gasteiger partial charge in [0.1, 0.15) is 4.16 Å². The van der Waals surface area contributed by atoms with Crippen LogP contribution >= 0.6 is 15.9 Å². The van der Waals surface area contributed by atoms with Gasteiger partial charge in [-0.25, -0.2) is 0 Å². The van der Waals surface area contributed by atoms with Crippen molar-refractivity contribution < 1.29 is 44.0 Å². The Morgan fingerprint density at radius 1 is 1.36 bits per heavy atom. The average molecular weight is 289 g/mol. The van der Waals surface area contributed by atoms with Crippen LogP contribution in [0.5, 0.6) is 0 Å². The molecule has 1 N–H and O–H groups in total. The van der Waals surface area contributed by atoms with Crippen LogP contribution in [0.25, 0.3) is 0 Å². The molecule has 0 aliphatic rings. The van der Waals surface area contributed by atoms with Gasteiger partial charge in [0.2, 0.25) is 0 Å². The molecule has 0 aliphatic carbocycles. The summed E-state index contributed by atoms with van der Waals surface area (Å²) in [5.74, 6) is 0. The van der Waals surface area contributed by atoms with E-state index in [1.54, 1.807) is 12.1 Å². The second-order valence-electron chi connectivity index (χ2n) is 2.61. The van der Waals surface area contributed by atoms with Gasteiger partial charge in [0.15, 0.2) is 0 Å². The summed E-state index contributed by atoms with van der Waals surface area (Å²) in [7, 11) is -3.98. The van der Waals surface area contributed by atoms with Crippen molar-refractivity contribution in [3.05, 3.63) is 35.9 Å². The van der Waals surface area contributed by atoms with Crippen LogP contribution < -0.4 is 29.6 Å². The van der Waals surface area contributed by atoms with E-state index in [9.17, 15) is 8.42 Å². The molecule has 0 amide bonds. The Morgan fingerprint density at radius 3 is 2.29 bits per heavy atom. The molecule has 6 heteroatoms. The second kappa shape index (κ2) is 6.25. The molecular weight excluding hydrogens is 279 g/mol. The summed E-state index contributed by atoms with van der Waals surface area (Å²) in [6.45, 7) is 0. The molecule has 0 heterocycles. The van der Waals surface area contributed by atoms with E-state index in [4.69, 9.17) is 4.55 Å². The fraction of sp³-hybridized carbons (Fsp3) is 0.250. The van der Waals surface area contributed by atoms with Gasteiger partial charge in [-0.1, -0.05) is 46.3 Å². The number of halogens is 1. The van der Waals surface area contributed by atoms with Gasteiger partial charge in [-0.3, -0.25) is 4.55 Å². The number of hydrogen-bond donors (Lipinski definition) is 1. The Morgan fingerprint density at radius 2 is 1.86 bits per heavy atom. The zero-order chi connectivity index (χ0) is 9.90. The molecule has 0 aromatic heterocycles. The predicted molar refractivity (Wildman–Crippen MR) is 55.5 cm³/mol. The molecule has 0 fully saturated rings. The molecule has 0 spiro atoms. The third-order valence-corrected chi connectivity index (χ3v) is 4.12. The molecule has 0 bridgehead atoms. The first-order chi connectivity index (χ1) is 6.00. The molecular formula is C8H10BrNaO3S. The van der Waals surface area contributed by atoms with E-state index in [1.165, 1.54) is 0 Å². The van der Waals surface area contributed by atoms with E-state index in [1.807, 2.05) is 18.2 Å². The molecule has 0 saturated heterocycles. The maximum Gasteiger partial charge on any atom is 1.00 e. The summed E-state index contributed by atoms with van der Waals surface area (Å²) < 4.78 is 29.0. The van der Waals surface area contributed by atoms with Crippen molar-refractivity contribution in [2.75, 3.05) is 0 Å². The zero-order valence-corrected chi connectivity index (χ0v) is 12.1. The number of alkyl halides is 1. The summed E-state index contributed by atoms with van der Waals surface area (Å²) in [6, 6.07) is 9.09. The number of benzene rings is 1. The fourth-order valence-electron chi connectivity index (χ4n) is 0.905. The Hall–Kier alpha value is 0.610. The van der Waals surface area contributed by atoms with E-state index in [-0.39, 0.29) is 37.4 Å². The van der Waals surface area contributed by atoms with Crippen LogP contribution in [0.4, 0.5) is 0 Å². The van der Waals surface area contributed by atoms with Gasteiger partial charge in [0, 0.05) is 6.42 Å². The van der Waals surface area contributed by atoms with E-state index in [0.29, 0.717) is 0 Å². The summed E-state index contributed by atoms with van der Waals surface area (Å²) in [6.07, 6.45) is 0.264. The van der Waals surface area contributed by atoms with Crippen molar-refractivity contribution in [1.29, 1.82) is 0 Å². The molecule has 1 rings (SSSR count). The van der Waals surface area contributed by atoms with Crippen molar-refractivity contribution in [3.8, 4) is 0 Å². The Balaban J connectivity index is 0. The van der Waals surface area contributed by atoms with Gasteiger partial charge in [-0.2, -0.15) is 8.42 Å². The molecule has 1 atom stereocenters.